The molecule has 212 valence electrons. The molecule has 1 saturated heterocycles. The van der Waals surface area contributed by atoms with Gasteiger partial charge in [0.2, 0.25) is 6.29 Å². The number of rotatable bonds is 10. The highest BCUT2D eigenvalue weighted by molar-refractivity contribution is 6.99. The van der Waals surface area contributed by atoms with Crippen LogP contribution in [-0.4, -0.2) is 47.7 Å². The van der Waals surface area contributed by atoms with Gasteiger partial charge in [0.1, 0.15) is 0 Å². The molecule has 0 aromatic heterocycles. The Morgan fingerprint density at radius 1 is 0.949 bits per heavy atom. The molecule has 0 radical (unpaired) electrons. The zero-order valence-electron chi connectivity index (χ0n) is 24.7. The molecule has 5 atom stereocenters. The van der Waals surface area contributed by atoms with E-state index in [1.54, 1.807) is 0 Å². The third-order valence-corrected chi connectivity index (χ3v) is 13.8. The Bertz CT molecular complexity index is 1070. The number of carbonyl (C=O) groups excluding carboxylic acids is 1. The summed E-state index contributed by atoms with van der Waals surface area (Å²) in [7, 11) is -4.06. The summed E-state index contributed by atoms with van der Waals surface area (Å²) in [4.78, 5) is 12.6. The monoisotopic (exact) mass is 566 g/mol. The number of ether oxygens (including phenoxy) is 3. The van der Waals surface area contributed by atoms with E-state index < -0.39 is 29.0 Å². The van der Waals surface area contributed by atoms with Crippen LogP contribution in [0.3, 0.4) is 0 Å². The Morgan fingerprint density at radius 2 is 1.51 bits per heavy atom. The molecule has 0 N–H and O–H groups in total. The van der Waals surface area contributed by atoms with Gasteiger partial charge in [0, 0.05) is 19.4 Å². The molecule has 2 aromatic rings. The van der Waals surface area contributed by atoms with Crippen molar-refractivity contribution in [2.75, 3.05) is 6.61 Å². The Kier molecular flexibility index (Phi) is 9.38. The van der Waals surface area contributed by atoms with Crippen molar-refractivity contribution in [3.8, 4) is 0 Å². The van der Waals surface area contributed by atoms with Crippen LogP contribution < -0.4 is 10.4 Å². The number of benzene rings is 2. The summed E-state index contributed by atoms with van der Waals surface area (Å²) in [5, 5.41) is 2.39. The van der Waals surface area contributed by atoms with Crippen molar-refractivity contribution in [1.82, 2.24) is 0 Å². The van der Waals surface area contributed by atoms with E-state index in [0.717, 1.165) is 6.42 Å². The normalized spacial score (nSPS) is 26.0. The summed E-state index contributed by atoms with van der Waals surface area (Å²) in [6.07, 6.45) is 2.84. The highest BCUT2D eigenvalue weighted by Gasteiger charge is 2.50. The number of hydrogen-bond donors (Lipinski definition) is 0. The summed E-state index contributed by atoms with van der Waals surface area (Å²) in [5.74, 6) is 0.254. The summed E-state index contributed by atoms with van der Waals surface area (Å²) in [5.41, 5.74) is 2.29. The molecule has 2 aromatic carbocycles. The number of esters is 1. The van der Waals surface area contributed by atoms with Crippen LogP contribution in [0, 0.1) is 11.8 Å². The molecular weight excluding hydrogens is 521 g/mol. The zero-order chi connectivity index (χ0) is 28.3. The predicted octanol–water partition coefficient (Wildman–Crippen LogP) is 6.04. The van der Waals surface area contributed by atoms with Crippen molar-refractivity contribution < 1.29 is 23.4 Å². The molecule has 5 nitrogen and oxygen atoms in total. The smallest absolute Gasteiger partial charge is 0.311 e. The van der Waals surface area contributed by atoms with E-state index in [-0.39, 0.29) is 23.0 Å². The van der Waals surface area contributed by atoms with Crippen molar-refractivity contribution in [3.05, 3.63) is 72.4 Å². The van der Waals surface area contributed by atoms with Gasteiger partial charge in [-0.3, -0.25) is 4.79 Å². The van der Waals surface area contributed by atoms with Gasteiger partial charge in [-0.25, -0.2) is 0 Å². The van der Waals surface area contributed by atoms with Crippen LogP contribution in [-0.2, 0) is 23.4 Å². The van der Waals surface area contributed by atoms with Crippen molar-refractivity contribution in [1.29, 1.82) is 0 Å². The predicted molar refractivity (Wildman–Crippen MR) is 162 cm³/mol. The van der Waals surface area contributed by atoms with E-state index in [2.05, 4.69) is 120 Å². The van der Waals surface area contributed by atoms with E-state index >= 15 is 0 Å². The van der Waals surface area contributed by atoms with Crippen LogP contribution in [0.4, 0.5) is 0 Å². The lowest BCUT2D eigenvalue weighted by molar-refractivity contribution is -0.293. The van der Waals surface area contributed by atoms with Crippen LogP contribution >= 0.6 is 0 Å². The molecule has 1 saturated carbocycles. The highest BCUT2D eigenvalue weighted by atomic mass is 28.4. The fourth-order valence-corrected chi connectivity index (χ4v) is 10.7. The third kappa shape index (κ3) is 7.58. The second kappa shape index (κ2) is 12.2. The van der Waals surface area contributed by atoms with Crippen molar-refractivity contribution >= 4 is 32.7 Å². The van der Waals surface area contributed by atoms with Gasteiger partial charge in [-0.2, -0.15) is 0 Å². The van der Waals surface area contributed by atoms with Gasteiger partial charge in [0.05, 0.1) is 20.1 Å². The SMILES string of the molecule is C[C@H]1C[C@@H]1C(=O)O[C@H]1C[C@@H](/C=C/[Si](C)(C)C)O[C@@H](CCO[Si](c2ccccc2)(c2ccccc2)C(C)(C)C)O1. The summed E-state index contributed by atoms with van der Waals surface area (Å²) in [6.45, 7) is 16.3. The first-order valence-corrected chi connectivity index (χ1v) is 19.8. The van der Waals surface area contributed by atoms with Gasteiger partial charge in [0.15, 0.2) is 6.29 Å². The van der Waals surface area contributed by atoms with Crippen molar-refractivity contribution in [2.24, 2.45) is 11.8 Å². The summed E-state index contributed by atoms with van der Waals surface area (Å²) in [6, 6.07) is 21.3. The maximum Gasteiger partial charge on any atom is 0.311 e. The first kappa shape index (κ1) is 29.9. The zero-order valence-corrected chi connectivity index (χ0v) is 26.7. The van der Waals surface area contributed by atoms with Crippen molar-refractivity contribution in [2.45, 2.75) is 90.3 Å². The molecule has 2 aliphatic rings. The van der Waals surface area contributed by atoms with Gasteiger partial charge < -0.3 is 18.6 Å². The number of hydrogen-bond acceptors (Lipinski definition) is 5. The topological polar surface area (TPSA) is 54.0 Å². The van der Waals surface area contributed by atoms with E-state index in [9.17, 15) is 4.79 Å². The van der Waals surface area contributed by atoms with Crippen molar-refractivity contribution in [3.63, 3.8) is 0 Å². The minimum Gasteiger partial charge on any atom is -0.435 e. The quantitative estimate of drug-likeness (QED) is 0.259. The van der Waals surface area contributed by atoms with E-state index in [0.29, 0.717) is 25.4 Å². The molecule has 4 rings (SSSR count). The molecule has 7 heteroatoms. The Balaban J connectivity index is 1.52. The van der Waals surface area contributed by atoms with Gasteiger partial charge in [0.25, 0.3) is 8.32 Å². The summed E-state index contributed by atoms with van der Waals surface area (Å²) >= 11 is 0. The first-order valence-electron chi connectivity index (χ1n) is 14.3. The maximum atomic E-state index is 12.6. The minimum atomic E-state index is -2.65. The van der Waals surface area contributed by atoms with Crippen LogP contribution in [0.5, 0.6) is 0 Å². The Morgan fingerprint density at radius 3 is 2.00 bits per heavy atom. The molecule has 0 spiro atoms. The van der Waals surface area contributed by atoms with Crippen LogP contribution in [0.15, 0.2) is 72.4 Å². The minimum absolute atomic E-state index is 0.00403. The standard InChI is InChI=1S/C32H46O5Si2/c1-24-22-28(24)31(33)37-30-23-25(19-21-38(5,6)7)35-29(36-30)18-20-34-39(32(2,3)4,26-14-10-8-11-15-26)27-16-12-9-13-17-27/h8-17,19,21,24-25,28-30H,18,20,22-23H2,1-7H3/b21-19+/t24-,25+,28-,29+,30-/m0/s1. The van der Waals surface area contributed by atoms with E-state index in [4.69, 9.17) is 18.6 Å². The molecule has 0 amide bonds. The van der Waals surface area contributed by atoms with Crippen LogP contribution in [0.1, 0.15) is 47.0 Å². The molecule has 0 unspecified atom stereocenters. The Labute approximate surface area is 237 Å². The highest BCUT2D eigenvalue weighted by Crippen LogP contribution is 2.40. The second-order valence-electron chi connectivity index (χ2n) is 13.2. The lowest BCUT2D eigenvalue weighted by Crippen LogP contribution is -2.66. The first-order chi connectivity index (χ1) is 18.4. The Hall–Kier alpha value is -2.04. The van der Waals surface area contributed by atoms with Gasteiger partial charge in [-0.1, -0.05) is 120 Å². The van der Waals surface area contributed by atoms with E-state index in [1.165, 1.54) is 10.4 Å². The average molecular weight is 567 g/mol. The largest absolute Gasteiger partial charge is 0.435 e. The molecule has 1 aliphatic carbocycles. The maximum absolute atomic E-state index is 12.6. The molecule has 2 fully saturated rings. The average Bonchev–Trinajstić information content (AvgIpc) is 3.62. The molecule has 1 aliphatic heterocycles. The summed E-state index contributed by atoms with van der Waals surface area (Å²) < 4.78 is 25.4. The second-order valence-corrected chi connectivity index (χ2v) is 22.6. The number of carbonyl (C=O) groups is 1. The molecular formula is C32H46O5Si2. The van der Waals surface area contributed by atoms with Crippen LogP contribution in [0.25, 0.3) is 0 Å². The lowest BCUT2D eigenvalue weighted by atomic mass is 10.2. The molecule has 39 heavy (non-hydrogen) atoms. The molecule has 1 heterocycles. The van der Waals surface area contributed by atoms with Gasteiger partial charge >= 0.3 is 5.97 Å². The van der Waals surface area contributed by atoms with Gasteiger partial charge in [-0.15, -0.1) is 0 Å². The van der Waals surface area contributed by atoms with Crippen LogP contribution in [0.2, 0.25) is 24.7 Å². The fourth-order valence-electron chi connectivity index (χ4n) is 5.37. The third-order valence-electron chi connectivity index (χ3n) is 7.61. The molecule has 0 bridgehead atoms. The fraction of sp³-hybridized carbons (Fsp3) is 0.531. The van der Waals surface area contributed by atoms with E-state index in [1.807, 2.05) is 0 Å². The van der Waals surface area contributed by atoms with Gasteiger partial charge in [-0.05, 0) is 27.8 Å². The lowest BCUT2D eigenvalue weighted by Gasteiger charge is -2.43.